The highest BCUT2D eigenvalue weighted by atomic mass is 16.5. The first kappa shape index (κ1) is 17.0. The third-order valence-electron chi connectivity index (χ3n) is 2.94. The van der Waals surface area contributed by atoms with E-state index in [0.717, 1.165) is 5.75 Å². The van der Waals surface area contributed by atoms with Gasteiger partial charge in [-0.15, -0.1) is 0 Å². The average molecular weight is 250 g/mol. The van der Waals surface area contributed by atoms with Crippen LogP contribution in [0.5, 0.6) is 5.75 Å². The zero-order valence-corrected chi connectivity index (χ0v) is 12.5. The van der Waals surface area contributed by atoms with Crippen LogP contribution >= 0.6 is 0 Å². The molecule has 0 radical (unpaired) electrons. The van der Waals surface area contributed by atoms with Gasteiger partial charge in [-0.2, -0.15) is 0 Å². The van der Waals surface area contributed by atoms with E-state index < -0.39 is 0 Å². The molecule has 0 aliphatic carbocycles. The summed E-state index contributed by atoms with van der Waals surface area (Å²) < 4.78 is 4.91. The quantitative estimate of drug-likeness (QED) is 0.526. The van der Waals surface area contributed by atoms with E-state index in [1.807, 2.05) is 30.3 Å². The van der Waals surface area contributed by atoms with Crippen molar-refractivity contribution < 1.29 is 4.74 Å². The molecule has 0 bridgehead atoms. The van der Waals surface area contributed by atoms with Gasteiger partial charge in [0.25, 0.3) is 0 Å². The fourth-order valence-corrected chi connectivity index (χ4v) is 1.76. The molecule has 1 aromatic carbocycles. The molecule has 0 aromatic heterocycles. The van der Waals surface area contributed by atoms with Gasteiger partial charge in [0.1, 0.15) is 5.75 Å². The van der Waals surface area contributed by atoms with Crippen LogP contribution in [0.1, 0.15) is 65.2 Å². The number of benzene rings is 1. The summed E-state index contributed by atoms with van der Waals surface area (Å²) in [6.07, 6.45) is 11.5. The third kappa shape index (κ3) is 11.5. The second-order valence-electron chi connectivity index (χ2n) is 4.64. The summed E-state index contributed by atoms with van der Waals surface area (Å²) in [7, 11) is 1.66. The van der Waals surface area contributed by atoms with E-state index >= 15 is 0 Å². The van der Waals surface area contributed by atoms with Crippen LogP contribution in [0.2, 0.25) is 0 Å². The summed E-state index contributed by atoms with van der Waals surface area (Å²) in [5, 5.41) is 0. The molecule has 1 heteroatoms. The van der Waals surface area contributed by atoms with Crippen molar-refractivity contribution in [3.05, 3.63) is 30.3 Å². The van der Waals surface area contributed by atoms with Crippen LogP contribution in [0.3, 0.4) is 0 Å². The fraction of sp³-hybridized carbons (Fsp3) is 0.647. The maximum Gasteiger partial charge on any atom is 0.118 e. The highest BCUT2D eigenvalue weighted by molar-refractivity contribution is 5.20. The molecule has 1 aromatic rings. The second-order valence-corrected chi connectivity index (χ2v) is 4.64. The van der Waals surface area contributed by atoms with Crippen molar-refractivity contribution in [2.24, 2.45) is 0 Å². The van der Waals surface area contributed by atoms with Gasteiger partial charge in [-0.3, -0.25) is 0 Å². The minimum atomic E-state index is 0.910. The minimum absolute atomic E-state index is 0.910. The van der Waals surface area contributed by atoms with E-state index in [0.29, 0.717) is 0 Å². The van der Waals surface area contributed by atoms with Gasteiger partial charge in [0, 0.05) is 0 Å². The molecule has 0 saturated heterocycles. The number of para-hydroxylation sites is 1. The molecule has 0 unspecified atom stereocenters. The molecule has 0 heterocycles. The maximum atomic E-state index is 4.91. The Morgan fingerprint density at radius 2 is 1.17 bits per heavy atom. The smallest absolute Gasteiger partial charge is 0.118 e. The molecule has 0 atom stereocenters. The van der Waals surface area contributed by atoms with Crippen molar-refractivity contribution in [3.8, 4) is 5.75 Å². The fourth-order valence-electron chi connectivity index (χ4n) is 1.76. The Morgan fingerprint density at radius 1 is 0.722 bits per heavy atom. The van der Waals surface area contributed by atoms with E-state index in [4.69, 9.17) is 4.74 Å². The van der Waals surface area contributed by atoms with Crippen LogP contribution in [0.25, 0.3) is 0 Å². The van der Waals surface area contributed by atoms with E-state index in [9.17, 15) is 0 Å². The van der Waals surface area contributed by atoms with Gasteiger partial charge in [-0.1, -0.05) is 83.4 Å². The van der Waals surface area contributed by atoms with Gasteiger partial charge >= 0.3 is 0 Å². The van der Waals surface area contributed by atoms with Crippen molar-refractivity contribution in [3.63, 3.8) is 0 Å². The number of ether oxygens (including phenoxy) is 1. The number of rotatable bonds is 8. The Morgan fingerprint density at radius 3 is 1.50 bits per heavy atom. The van der Waals surface area contributed by atoms with Crippen molar-refractivity contribution >= 4 is 0 Å². The van der Waals surface area contributed by atoms with Crippen molar-refractivity contribution in [2.75, 3.05) is 7.11 Å². The van der Waals surface area contributed by atoms with Gasteiger partial charge in [0.15, 0.2) is 0 Å². The number of hydrogen-bond acceptors (Lipinski definition) is 1. The standard InChI is InChI=1S/C10H22.C7H8O/c1-3-5-7-9-10-8-6-4-2;1-8-7-5-3-2-4-6-7/h3-10H2,1-2H3;2-6H,1H3. The maximum absolute atomic E-state index is 4.91. The number of hydrogen-bond donors (Lipinski definition) is 0. The van der Waals surface area contributed by atoms with Crippen molar-refractivity contribution in [2.45, 2.75) is 65.2 Å². The summed E-state index contributed by atoms with van der Waals surface area (Å²) in [5.41, 5.74) is 0. The topological polar surface area (TPSA) is 9.23 Å². The van der Waals surface area contributed by atoms with Gasteiger partial charge < -0.3 is 4.74 Å². The average Bonchev–Trinajstić information content (AvgIpc) is 2.44. The molecule has 1 nitrogen and oxygen atoms in total. The number of unbranched alkanes of at least 4 members (excludes halogenated alkanes) is 7. The Hall–Kier alpha value is -0.980. The molecule has 0 spiro atoms. The summed E-state index contributed by atoms with van der Waals surface area (Å²) in [6, 6.07) is 9.68. The van der Waals surface area contributed by atoms with Crippen LogP contribution in [-0.2, 0) is 0 Å². The van der Waals surface area contributed by atoms with Gasteiger partial charge in [0.05, 0.1) is 7.11 Å². The highest BCUT2D eigenvalue weighted by Crippen LogP contribution is 2.07. The first-order valence-corrected chi connectivity index (χ1v) is 7.44. The minimum Gasteiger partial charge on any atom is -0.497 e. The van der Waals surface area contributed by atoms with Crippen LogP contribution in [0, 0.1) is 0 Å². The summed E-state index contributed by atoms with van der Waals surface area (Å²) in [6.45, 7) is 4.54. The van der Waals surface area contributed by atoms with Crippen molar-refractivity contribution in [1.29, 1.82) is 0 Å². The molecule has 0 saturated carbocycles. The lowest BCUT2D eigenvalue weighted by atomic mass is 10.1. The van der Waals surface area contributed by atoms with Gasteiger partial charge in [-0.25, -0.2) is 0 Å². The van der Waals surface area contributed by atoms with Crippen LogP contribution < -0.4 is 4.74 Å². The van der Waals surface area contributed by atoms with Crippen LogP contribution in [0.15, 0.2) is 30.3 Å². The van der Waals surface area contributed by atoms with E-state index in [-0.39, 0.29) is 0 Å². The lowest BCUT2D eigenvalue weighted by Gasteiger charge is -1.97. The normalized spacial score (nSPS) is 9.50. The van der Waals surface area contributed by atoms with E-state index in [2.05, 4.69) is 13.8 Å². The van der Waals surface area contributed by atoms with Crippen LogP contribution in [-0.4, -0.2) is 7.11 Å². The zero-order chi connectivity index (χ0) is 13.5. The lowest BCUT2D eigenvalue weighted by molar-refractivity contribution is 0.415. The lowest BCUT2D eigenvalue weighted by Crippen LogP contribution is -1.78. The Labute approximate surface area is 114 Å². The first-order chi connectivity index (χ1) is 8.85. The Balaban J connectivity index is 0.000000327. The van der Waals surface area contributed by atoms with Crippen LogP contribution in [0.4, 0.5) is 0 Å². The monoisotopic (exact) mass is 250 g/mol. The zero-order valence-electron chi connectivity index (χ0n) is 12.5. The molecule has 0 N–H and O–H groups in total. The van der Waals surface area contributed by atoms with E-state index in [1.165, 1.54) is 51.4 Å². The van der Waals surface area contributed by atoms with Gasteiger partial charge in [0.2, 0.25) is 0 Å². The molecular formula is C17H30O. The molecule has 18 heavy (non-hydrogen) atoms. The van der Waals surface area contributed by atoms with Gasteiger partial charge in [-0.05, 0) is 12.1 Å². The molecule has 1 rings (SSSR count). The number of methoxy groups -OCH3 is 1. The summed E-state index contributed by atoms with van der Waals surface area (Å²) in [4.78, 5) is 0. The first-order valence-electron chi connectivity index (χ1n) is 7.44. The molecular weight excluding hydrogens is 220 g/mol. The Kier molecular flexibility index (Phi) is 13.3. The summed E-state index contributed by atoms with van der Waals surface area (Å²) in [5.74, 6) is 0.910. The predicted octanol–water partition coefficient (Wildman–Crippen LogP) is 5.84. The largest absolute Gasteiger partial charge is 0.497 e. The summed E-state index contributed by atoms with van der Waals surface area (Å²) >= 11 is 0. The molecule has 104 valence electrons. The molecule has 0 aliphatic rings. The third-order valence-corrected chi connectivity index (χ3v) is 2.94. The molecule has 0 fully saturated rings. The highest BCUT2D eigenvalue weighted by Gasteiger charge is 1.87. The van der Waals surface area contributed by atoms with E-state index in [1.54, 1.807) is 7.11 Å². The molecule has 0 amide bonds. The Bertz CT molecular complexity index is 235. The predicted molar refractivity (Wildman–Crippen MR) is 81.3 cm³/mol. The molecule has 0 aliphatic heterocycles. The van der Waals surface area contributed by atoms with Crippen molar-refractivity contribution in [1.82, 2.24) is 0 Å². The second kappa shape index (κ2) is 14.1. The SMILES string of the molecule is CCCCCCCCCC.COc1ccccc1.